The predicted molar refractivity (Wildman–Crippen MR) is 140 cm³/mol. The van der Waals surface area contributed by atoms with Gasteiger partial charge in [-0.2, -0.15) is 4.98 Å². The topological polar surface area (TPSA) is 44.7 Å². The maximum absolute atomic E-state index is 6.29. The number of aromatic nitrogens is 2. The number of allylic oxidation sites excluding steroid dienone is 4. The molecule has 1 aromatic carbocycles. The summed E-state index contributed by atoms with van der Waals surface area (Å²) in [6.07, 6.45) is 8.03. The molecule has 0 aliphatic carbocycles. The van der Waals surface area contributed by atoms with Gasteiger partial charge in [0, 0.05) is 50.9 Å². The largest absolute Gasteiger partial charge is 0.472 e. The van der Waals surface area contributed by atoms with E-state index in [2.05, 4.69) is 69.7 Å². The Hall–Kier alpha value is -2.77. The van der Waals surface area contributed by atoms with E-state index in [9.17, 15) is 0 Å². The number of piperazine rings is 1. The first kappa shape index (κ1) is 24.9. The molecule has 33 heavy (non-hydrogen) atoms. The summed E-state index contributed by atoms with van der Waals surface area (Å²) in [5, 5.41) is 0. The number of rotatable bonds is 9. The van der Waals surface area contributed by atoms with Crippen molar-refractivity contribution in [1.82, 2.24) is 14.9 Å². The van der Waals surface area contributed by atoms with Crippen LogP contribution >= 0.6 is 11.8 Å². The van der Waals surface area contributed by atoms with Gasteiger partial charge >= 0.3 is 0 Å². The maximum atomic E-state index is 6.29. The van der Waals surface area contributed by atoms with Crippen LogP contribution in [0.4, 0.5) is 11.6 Å². The van der Waals surface area contributed by atoms with Crippen molar-refractivity contribution in [3.8, 4) is 5.88 Å². The second-order valence-corrected chi connectivity index (χ2v) is 9.57. The number of thioether (sulfide) groups is 1. The van der Waals surface area contributed by atoms with E-state index in [1.165, 1.54) is 0 Å². The molecule has 0 unspecified atom stereocenters. The molecule has 1 aliphatic rings. The van der Waals surface area contributed by atoms with Gasteiger partial charge in [0.25, 0.3) is 0 Å². The minimum Gasteiger partial charge on any atom is -0.472 e. The smallest absolute Gasteiger partial charge is 0.232 e. The Balaban J connectivity index is 1.85. The highest BCUT2D eigenvalue weighted by Crippen LogP contribution is 2.35. The summed E-state index contributed by atoms with van der Waals surface area (Å²) in [6, 6.07) is 8.37. The van der Waals surface area contributed by atoms with Gasteiger partial charge < -0.3 is 19.4 Å². The summed E-state index contributed by atoms with van der Waals surface area (Å²) >= 11 is 1.60. The molecule has 0 bridgehead atoms. The van der Waals surface area contributed by atoms with Crippen molar-refractivity contribution >= 4 is 23.4 Å². The number of ether oxygens (including phenoxy) is 1. The zero-order chi connectivity index (χ0) is 23.8. The predicted octanol–water partition coefficient (Wildman–Crippen LogP) is 5.00. The molecule has 0 N–H and O–H groups in total. The van der Waals surface area contributed by atoms with Gasteiger partial charge in [-0.25, -0.2) is 4.98 Å². The number of hydrogen-bond donors (Lipinski definition) is 0. The molecule has 2 aromatic rings. The third-order valence-corrected chi connectivity index (χ3v) is 6.45. The van der Waals surface area contributed by atoms with Crippen LogP contribution in [0.2, 0.25) is 0 Å². The van der Waals surface area contributed by atoms with E-state index >= 15 is 0 Å². The lowest BCUT2D eigenvalue weighted by atomic mass is 10.2. The van der Waals surface area contributed by atoms with E-state index in [1.54, 1.807) is 11.8 Å². The van der Waals surface area contributed by atoms with E-state index in [0.717, 1.165) is 58.8 Å². The van der Waals surface area contributed by atoms with E-state index in [-0.39, 0.29) is 0 Å². The Morgan fingerprint density at radius 1 is 1.21 bits per heavy atom. The third-order valence-electron chi connectivity index (χ3n) is 5.34. The van der Waals surface area contributed by atoms with Gasteiger partial charge in [-0.1, -0.05) is 48.2 Å². The second kappa shape index (κ2) is 11.9. The Morgan fingerprint density at radius 3 is 2.64 bits per heavy atom. The fourth-order valence-electron chi connectivity index (χ4n) is 3.30. The fraction of sp³-hybridized carbons (Fsp3) is 0.385. The van der Waals surface area contributed by atoms with Crippen molar-refractivity contribution in [3.63, 3.8) is 0 Å². The number of anilines is 2. The molecule has 1 aliphatic heterocycles. The Morgan fingerprint density at radius 2 is 1.97 bits per heavy atom. The summed E-state index contributed by atoms with van der Waals surface area (Å²) in [5.74, 6) is 1.34. The van der Waals surface area contributed by atoms with Gasteiger partial charge in [0.2, 0.25) is 11.8 Å². The lowest BCUT2D eigenvalue weighted by molar-refractivity contribution is 0.283. The van der Waals surface area contributed by atoms with Gasteiger partial charge in [0.1, 0.15) is 6.61 Å². The van der Waals surface area contributed by atoms with Crippen LogP contribution in [0.3, 0.4) is 0 Å². The van der Waals surface area contributed by atoms with E-state index in [1.807, 2.05) is 40.2 Å². The molecule has 176 valence electrons. The quantitative estimate of drug-likeness (QED) is 0.381. The summed E-state index contributed by atoms with van der Waals surface area (Å²) in [6.45, 7) is 12.2. The first-order valence-corrected chi connectivity index (χ1v) is 12.0. The lowest BCUT2D eigenvalue weighted by Crippen LogP contribution is -2.45. The van der Waals surface area contributed by atoms with Crippen molar-refractivity contribution in [2.45, 2.75) is 25.3 Å². The van der Waals surface area contributed by atoms with Gasteiger partial charge in [-0.3, -0.25) is 0 Å². The van der Waals surface area contributed by atoms with Crippen LogP contribution in [-0.4, -0.2) is 62.2 Å². The average molecular weight is 466 g/mol. The highest BCUT2D eigenvalue weighted by atomic mass is 32.2. The normalized spacial score (nSPS) is 15.2. The Kier molecular flexibility index (Phi) is 8.97. The van der Waals surface area contributed by atoms with Gasteiger partial charge in [0.15, 0.2) is 0 Å². The van der Waals surface area contributed by atoms with Crippen LogP contribution in [0, 0.1) is 0 Å². The second-order valence-electron chi connectivity index (χ2n) is 8.46. The fourth-order valence-corrected chi connectivity index (χ4v) is 4.10. The zero-order valence-electron chi connectivity index (χ0n) is 20.4. The van der Waals surface area contributed by atoms with Crippen LogP contribution in [0.5, 0.6) is 5.88 Å². The van der Waals surface area contributed by atoms with Crippen LogP contribution in [-0.2, 0) is 6.61 Å². The molecule has 1 aromatic heterocycles. The molecule has 6 nitrogen and oxygen atoms in total. The van der Waals surface area contributed by atoms with Crippen molar-refractivity contribution < 1.29 is 4.74 Å². The highest BCUT2D eigenvalue weighted by Gasteiger charge is 2.19. The number of hydrogen-bond acceptors (Lipinski definition) is 7. The molecule has 3 rings (SSSR count). The molecule has 0 spiro atoms. The number of likely N-dealkylation sites (N-methyl/N-ethyl adjacent to an activating group) is 1. The molecule has 0 saturated carbocycles. The molecule has 7 heteroatoms. The molecule has 0 atom stereocenters. The van der Waals surface area contributed by atoms with E-state index in [4.69, 9.17) is 9.72 Å². The standard InChI is InChI=1S/C26H35N5OS/c1-7-23(12-11-20(2)3)33-24-18-27-26(31-15-13-30(6)14-16-31)28-25(24)32-19-21-9-8-10-22(17-21)29(4)5/h7-12,17-18H,2,13-16,19H2,1,3-6H3/b12-11-,23-7+. The molecular weight excluding hydrogens is 430 g/mol. The summed E-state index contributed by atoms with van der Waals surface area (Å²) in [5.41, 5.74) is 3.26. The van der Waals surface area contributed by atoms with Crippen molar-refractivity contribution in [3.05, 3.63) is 71.3 Å². The summed E-state index contributed by atoms with van der Waals surface area (Å²) < 4.78 is 6.29. The number of nitrogens with zero attached hydrogens (tertiary/aromatic N) is 5. The zero-order valence-corrected chi connectivity index (χ0v) is 21.2. The van der Waals surface area contributed by atoms with Crippen molar-refractivity contribution in [2.75, 3.05) is 57.1 Å². The molecule has 0 amide bonds. The van der Waals surface area contributed by atoms with Gasteiger partial charge in [-0.05, 0) is 44.7 Å². The Labute approximate surface area is 202 Å². The van der Waals surface area contributed by atoms with Gasteiger partial charge in [0.05, 0.1) is 11.1 Å². The van der Waals surface area contributed by atoms with Crippen LogP contribution < -0.4 is 14.5 Å². The lowest BCUT2D eigenvalue weighted by Gasteiger charge is -2.32. The van der Waals surface area contributed by atoms with Crippen LogP contribution in [0.15, 0.2) is 70.6 Å². The van der Waals surface area contributed by atoms with E-state index < -0.39 is 0 Å². The average Bonchev–Trinajstić information content (AvgIpc) is 2.81. The number of benzene rings is 1. The molecule has 2 heterocycles. The molecule has 1 saturated heterocycles. The first-order chi connectivity index (χ1) is 15.9. The van der Waals surface area contributed by atoms with Crippen LogP contribution in [0.25, 0.3) is 0 Å². The minimum atomic E-state index is 0.446. The first-order valence-electron chi connectivity index (χ1n) is 11.2. The minimum absolute atomic E-state index is 0.446. The monoisotopic (exact) mass is 465 g/mol. The molecule has 1 fully saturated rings. The maximum Gasteiger partial charge on any atom is 0.232 e. The Bertz CT molecular complexity index is 1010. The summed E-state index contributed by atoms with van der Waals surface area (Å²) in [4.78, 5) is 18.2. The molecular formula is C26H35N5OS. The third kappa shape index (κ3) is 7.37. The van der Waals surface area contributed by atoms with Gasteiger partial charge in [-0.15, -0.1) is 0 Å². The summed E-state index contributed by atoms with van der Waals surface area (Å²) in [7, 11) is 6.22. The van der Waals surface area contributed by atoms with Crippen molar-refractivity contribution in [1.29, 1.82) is 0 Å². The molecule has 0 radical (unpaired) electrons. The van der Waals surface area contributed by atoms with E-state index in [0.29, 0.717) is 12.5 Å². The SMILES string of the molecule is C=C(C)/C=C\C(=C/C)Sc1cnc(N2CCN(C)CC2)nc1OCc1cccc(N(C)C)c1. The van der Waals surface area contributed by atoms with Crippen LogP contribution in [0.1, 0.15) is 19.4 Å². The highest BCUT2D eigenvalue weighted by molar-refractivity contribution is 8.03. The van der Waals surface area contributed by atoms with Crippen molar-refractivity contribution in [2.24, 2.45) is 0 Å².